The first-order chi connectivity index (χ1) is 12.0. The lowest BCUT2D eigenvalue weighted by Crippen LogP contribution is -2.49. The predicted molar refractivity (Wildman–Crippen MR) is 93.8 cm³/mol. The van der Waals surface area contributed by atoms with Crippen LogP contribution in [0, 0.1) is 0 Å². The van der Waals surface area contributed by atoms with E-state index >= 15 is 0 Å². The Hall–Kier alpha value is -2.50. The summed E-state index contributed by atoms with van der Waals surface area (Å²) >= 11 is 0. The van der Waals surface area contributed by atoms with E-state index in [2.05, 4.69) is 4.57 Å². The Morgan fingerprint density at radius 2 is 2.12 bits per heavy atom. The Balaban J connectivity index is 1.87. The Bertz CT molecular complexity index is 733. The van der Waals surface area contributed by atoms with Crippen LogP contribution in [0.4, 0.5) is 0 Å². The van der Waals surface area contributed by atoms with Crippen molar-refractivity contribution in [3.05, 3.63) is 48.2 Å². The van der Waals surface area contributed by atoms with Crippen LogP contribution >= 0.6 is 0 Å². The second kappa shape index (κ2) is 7.17. The van der Waals surface area contributed by atoms with Gasteiger partial charge in [-0.2, -0.15) is 0 Å². The maximum atomic E-state index is 13.1. The molecule has 6 nitrogen and oxygen atoms in total. The molecule has 0 saturated heterocycles. The van der Waals surface area contributed by atoms with Crippen LogP contribution in [0.3, 0.4) is 0 Å². The molecule has 0 fully saturated rings. The van der Waals surface area contributed by atoms with Gasteiger partial charge in [-0.15, -0.1) is 0 Å². The van der Waals surface area contributed by atoms with E-state index in [1.807, 2.05) is 50.1 Å². The highest BCUT2D eigenvalue weighted by Gasteiger charge is 2.34. The standard InChI is InChI=1S/C19H25N3O3/c1-4-17(23)22(14(2)3)12-18(24)21-10-9-20-8-5-6-16(20)19(21)15-7-11-25-13-15/h5-8,11,13-14,19H,4,9-10,12H2,1-3H3/t19-/m1/s1. The number of rotatable bonds is 5. The molecule has 0 radical (unpaired) electrons. The quantitative estimate of drug-likeness (QED) is 0.839. The third kappa shape index (κ3) is 3.34. The summed E-state index contributed by atoms with van der Waals surface area (Å²) in [5.74, 6) is -0.0299. The van der Waals surface area contributed by atoms with Crippen molar-refractivity contribution in [2.75, 3.05) is 13.1 Å². The van der Waals surface area contributed by atoms with Gasteiger partial charge in [0.05, 0.1) is 12.5 Å². The first kappa shape index (κ1) is 17.3. The van der Waals surface area contributed by atoms with Crippen molar-refractivity contribution < 1.29 is 14.0 Å². The molecule has 2 amide bonds. The van der Waals surface area contributed by atoms with Gasteiger partial charge in [-0.3, -0.25) is 9.59 Å². The molecule has 1 aliphatic rings. The number of carbonyl (C=O) groups excluding carboxylic acids is 2. The van der Waals surface area contributed by atoms with Crippen molar-refractivity contribution in [3.63, 3.8) is 0 Å². The van der Waals surface area contributed by atoms with Gasteiger partial charge in [0, 0.05) is 43.0 Å². The highest BCUT2D eigenvalue weighted by molar-refractivity contribution is 5.85. The molecule has 2 aromatic heterocycles. The van der Waals surface area contributed by atoms with Crippen molar-refractivity contribution in [1.82, 2.24) is 14.4 Å². The second-order valence-corrected chi connectivity index (χ2v) is 6.64. The van der Waals surface area contributed by atoms with Crippen molar-refractivity contribution in [2.24, 2.45) is 0 Å². The maximum Gasteiger partial charge on any atom is 0.243 e. The number of furan rings is 1. The van der Waals surface area contributed by atoms with Crippen molar-refractivity contribution in [3.8, 4) is 0 Å². The molecule has 0 unspecified atom stereocenters. The molecule has 134 valence electrons. The lowest BCUT2D eigenvalue weighted by molar-refractivity contribution is -0.143. The van der Waals surface area contributed by atoms with Gasteiger partial charge >= 0.3 is 0 Å². The molecule has 0 spiro atoms. The number of amides is 2. The van der Waals surface area contributed by atoms with E-state index in [9.17, 15) is 9.59 Å². The van der Waals surface area contributed by atoms with Gasteiger partial charge in [-0.25, -0.2) is 0 Å². The fourth-order valence-electron chi connectivity index (χ4n) is 3.43. The summed E-state index contributed by atoms with van der Waals surface area (Å²) in [6.45, 7) is 7.18. The summed E-state index contributed by atoms with van der Waals surface area (Å²) in [6.07, 6.45) is 5.75. The Morgan fingerprint density at radius 3 is 2.76 bits per heavy atom. The van der Waals surface area contributed by atoms with Crippen LogP contribution in [0.5, 0.6) is 0 Å². The molecule has 3 heterocycles. The minimum absolute atomic E-state index is 0.00238. The van der Waals surface area contributed by atoms with Gasteiger partial charge < -0.3 is 18.8 Å². The molecule has 1 atom stereocenters. The number of aromatic nitrogens is 1. The largest absolute Gasteiger partial charge is 0.472 e. The van der Waals surface area contributed by atoms with Crippen LogP contribution in [-0.4, -0.2) is 45.3 Å². The zero-order valence-electron chi connectivity index (χ0n) is 15.0. The lowest BCUT2D eigenvalue weighted by Gasteiger charge is -2.38. The van der Waals surface area contributed by atoms with E-state index < -0.39 is 0 Å². The van der Waals surface area contributed by atoms with Crippen LogP contribution < -0.4 is 0 Å². The van der Waals surface area contributed by atoms with Gasteiger partial charge in [0.25, 0.3) is 0 Å². The Kier molecular flexibility index (Phi) is 4.97. The molecule has 0 aromatic carbocycles. The third-order valence-corrected chi connectivity index (χ3v) is 4.77. The molecule has 0 N–H and O–H groups in total. The van der Waals surface area contributed by atoms with Crippen LogP contribution in [0.15, 0.2) is 41.3 Å². The van der Waals surface area contributed by atoms with Crippen molar-refractivity contribution in [1.29, 1.82) is 0 Å². The summed E-state index contributed by atoms with van der Waals surface area (Å²) in [5.41, 5.74) is 2.02. The molecule has 2 aromatic rings. The van der Waals surface area contributed by atoms with E-state index in [0.29, 0.717) is 13.0 Å². The SMILES string of the molecule is CCC(=O)N(CC(=O)N1CCn2cccc2[C@H]1c1ccoc1)C(C)C. The monoisotopic (exact) mass is 343 g/mol. The third-order valence-electron chi connectivity index (χ3n) is 4.77. The summed E-state index contributed by atoms with van der Waals surface area (Å²) in [6, 6.07) is 5.75. The van der Waals surface area contributed by atoms with Crippen molar-refractivity contribution in [2.45, 2.75) is 45.8 Å². The molecular weight excluding hydrogens is 318 g/mol. The summed E-state index contributed by atoms with van der Waals surface area (Å²) in [4.78, 5) is 28.8. The number of hydrogen-bond donors (Lipinski definition) is 0. The van der Waals surface area contributed by atoms with Gasteiger partial charge in [0.1, 0.15) is 12.6 Å². The normalized spacial score (nSPS) is 16.8. The molecular formula is C19H25N3O3. The summed E-state index contributed by atoms with van der Waals surface area (Å²) in [5, 5.41) is 0. The number of carbonyl (C=O) groups is 2. The van der Waals surface area contributed by atoms with E-state index in [1.165, 1.54) is 0 Å². The summed E-state index contributed by atoms with van der Waals surface area (Å²) < 4.78 is 7.42. The van der Waals surface area contributed by atoms with Gasteiger partial charge in [0.15, 0.2) is 0 Å². The number of nitrogens with zero attached hydrogens (tertiary/aromatic N) is 3. The highest BCUT2D eigenvalue weighted by atomic mass is 16.3. The molecule has 3 rings (SSSR count). The van der Waals surface area contributed by atoms with Crippen LogP contribution in [0.2, 0.25) is 0 Å². The minimum atomic E-state index is -0.180. The smallest absolute Gasteiger partial charge is 0.243 e. The first-order valence-electron chi connectivity index (χ1n) is 8.79. The average molecular weight is 343 g/mol. The second-order valence-electron chi connectivity index (χ2n) is 6.64. The first-order valence-corrected chi connectivity index (χ1v) is 8.79. The topological polar surface area (TPSA) is 58.7 Å². The molecule has 0 saturated carbocycles. The predicted octanol–water partition coefficient (Wildman–Crippen LogP) is 2.66. The molecule has 0 bridgehead atoms. The molecule has 25 heavy (non-hydrogen) atoms. The van der Waals surface area contributed by atoms with Crippen LogP contribution in [0.25, 0.3) is 0 Å². The minimum Gasteiger partial charge on any atom is -0.472 e. The van der Waals surface area contributed by atoms with Gasteiger partial charge in [0.2, 0.25) is 11.8 Å². The Morgan fingerprint density at radius 1 is 1.32 bits per heavy atom. The highest BCUT2D eigenvalue weighted by Crippen LogP contribution is 2.32. The van der Waals surface area contributed by atoms with Crippen LogP contribution in [-0.2, 0) is 16.1 Å². The average Bonchev–Trinajstić information content (AvgIpc) is 3.28. The van der Waals surface area contributed by atoms with E-state index in [0.717, 1.165) is 17.8 Å². The van der Waals surface area contributed by atoms with E-state index in [1.54, 1.807) is 17.4 Å². The number of hydrogen-bond acceptors (Lipinski definition) is 3. The van der Waals surface area contributed by atoms with Crippen molar-refractivity contribution >= 4 is 11.8 Å². The zero-order chi connectivity index (χ0) is 18.0. The van der Waals surface area contributed by atoms with Gasteiger partial charge in [-0.1, -0.05) is 6.92 Å². The zero-order valence-corrected chi connectivity index (χ0v) is 15.0. The van der Waals surface area contributed by atoms with E-state index in [4.69, 9.17) is 4.42 Å². The fourth-order valence-corrected chi connectivity index (χ4v) is 3.43. The summed E-state index contributed by atoms with van der Waals surface area (Å²) in [7, 11) is 0. The maximum absolute atomic E-state index is 13.1. The lowest BCUT2D eigenvalue weighted by atomic mass is 10.0. The Labute approximate surface area is 148 Å². The number of fused-ring (bicyclic) bond motifs is 1. The fraction of sp³-hybridized carbons (Fsp3) is 0.474. The molecule has 6 heteroatoms. The van der Waals surface area contributed by atoms with Crippen LogP contribution in [0.1, 0.15) is 44.5 Å². The molecule has 0 aliphatic carbocycles. The van der Waals surface area contributed by atoms with E-state index in [-0.39, 0.29) is 30.4 Å². The van der Waals surface area contributed by atoms with Gasteiger partial charge in [-0.05, 0) is 32.0 Å². The molecule has 1 aliphatic heterocycles.